The molecular formula is C17H25N. The monoisotopic (exact) mass is 243 g/mol. The van der Waals surface area contributed by atoms with Gasteiger partial charge in [-0.3, -0.25) is 0 Å². The lowest BCUT2D eigenvalue weighted by molar-refractivity contribution is 0.543. The lowest BCUT2D eigenvalue weighted by Gasteiger charge is -2.13. The average Bonchev–Trinajstić information content (AvgIpc) is 2.42. The Hall–Kier alpha value is -1.34. The first-order valence-electron chi connectivity index (χ1n) is 6.77. The average molecular weight is 243 g/mol. The van der Waals surface area contributed by atoms with Crippen LogP contribution >= 0.6 is 0 Å². The maximum atomic E-state index is 3.34. The summed E-state index contributed by atoms with van der Waals surface area (Å²) in [4.78, 5) is 0. The van der Waals surface area contributed by atoms with Crippen molar-refractivity contribution >= 4 is 5.57 Å². The third-order valence-electron chi connectivity index (χ3n) is 3.33. The summed E-state index contributed by atoms with van der Waals surface area (Å²) in [5.41, 5.74) is 4.01. The molecule has 0 fully saturated rings. The first-order chi connectivity index (χ1) is 8.71. The topological polar surface area (TPSA) is 12.0 Å². The van der Waals surface area contributed by atoms with Crippen molar-refractivity contribution in [2.24, 2.45) is 0 Å². The molecule has 0 heterocycles. The van der Waals surface area contributed by atoms with E-state index < -0.39 is 0 Å². The van der Waals surface area contributed by atoms with E-state index in [1.807, 2.05) is 14.0 Å². The molecule has 1 rings (SSSR count). The summed E-state index contributed by atoms with van der Waals surface area (Å²) >= 11 is 0. The van der Waals surface area contributed by atoms with E-state index in [4.69, 9.17) is 0 Å². The highest BCUT2D eigenvalue weighted by molar-refractivity contribution is 5.65. The van der Waals surface area contributed by atoms with Crippen LogP contribution in [0.1, 0.15) is 38.3 Å². The van der Waals surface area contributed by atoms with Crippen LogP contribution in [0.3, 0.4) is 0 Å². The van der Waals surface area contributed by atoms with Gasteiger partial charge in [0.05, 0.1) is 0 Å². The Balaban J connectivity index is 2.73. The molecule has 1 nitrogen and oxygen atoms in total. The Morgan fingerprint density at radius 3 is 2.44 bits per heavy atom. The second-order valence-electron chi connectivity index (χ2n) is 4.67. The van der Waals surface area contributed by atoms with Crippen molar-refractivity contribution in [1.82, 2.24) is 5.32 Å². The molecule has 0 bridgehead atoms. The van der Waals surface area contributed by atoms with Gasteiger partial charge in [-0.15, -0.1) is 0 Å². The van der Waals surface area contributed by atoms with E-state index in [1.54, 1.807) is 0 Å². The zero-order valence-corrected chi connectivity index (χ0v) is 12.0. The lowest BCUT2D eigenvalue weighted by Crippen LogP contribution is -2.26. The van der Waals surface area contributed by atoms with Gasteiger partial charge in [-0.05, 0) is 50.4 Å². The highest BCUT2D eigenvalue weighted by Gasteiger charge is 2.04. The maximum Gasteiger partial charge on any atom is 0.0102 e. The molecule has 0 saturated carbocycles. The van der Waals surface area contributed by atoms with Gasteiger partial charge in [-0.2, -0.15) is 0 Å². The molecular weight excluding hydrogens is 218 g/mol. The molecule has 1 aromatic rings. The van der Waals surface area contributed by atoms with Crippen molar-refractivity contribution < 1.29 is 0 Å². The van der Waals surface area contributed by atoms with Crippen LogP contribution in [0.15, 0.2) is 42.5 Å². The largest absolute Gasteiger partial charge is 0.317 e. The molecule has 1 aromatic carbocycles. The van der Waals surface area contributed by atoms with Crippen molar-refractivity contribution in [2.45, 2.75) is 39.7 Å². The Morgan fingerprint density at radius 1 is 1.28 bits per heavy atom. The molecule has 1 atom stereocenters. The molecule has 0 saturated heterocycles. The number of likely N-dealkylation sites (N-methyl/N-ethyl adjacent to an activating group) is 1. The van der Waals surface area contributed by atoms with Crippen LogP contribution < -0.4 is 5.32 Å². The number of hydrogen-bond acceptors (Lipinski definition) is 1. The van der Waals surface area contributed by atoms with Crippen molar-refractivity contribution in [2.75, 3.05) is 7.05 Å². The predicted octanol–water partition coefficient (Wildman–Crippen LogP) is 4.21. The fourth-order valence-electron chi connectivity index (χ4n) is 1.98. The summed E-state index contributed by atoms with van der Waals surface area (Å²) < 4.78 is 0. The molecule has 0 amide bonds. The van der Waals surface area contributed by atoms with Gasteiger partial charge in [0.1, 0.15) is 0 Å². The first kappa shape index (κ1) is 14.7. The summed E-state index contributed by atoms with van der Waals surface area (Å²) in [5, 5.41) is 3.34. The van der Waals surface area contributed by atoms with E-state index in [2.05, 4.69) is 61.7 Å². The van der Waals surface area contributed by atoms with E-state index in [0.717, 1.165) is 6.42 Å². The maximum absolute atomic E-state index is 3.34. The summed E-state index contributed by atoms with van der Waals surface area (Å²) in [7, 11) is 2.03. The first-order valence-corrected chi connectivity index (χ1v) is 6.77. The molecule has 0 radical (unpaired) electrons. The van der Waals surface area contributed by atoms with Crippen LogP contribution in [-0.2, 0) is 6.42 Å². The molecule has 0 aliphatic rings. The van der Waals surface area contributed by atoms with Gasteiger partial charge in [0.2, 0.25) is 0 Å². The zero-order valence-electron chi connectivity index (χ0n) is 12.0. The summed E-state index contributed by atoms with van der Waals surface area (Å²) in [6.45, 7) is 6.41. The second-order valence-corrected chi connectivity index (χ2v) is 4.67. The summed E-state index contributed by atoms with van der Waals surface area (Å²) in [6.07, 6.45) is 8.55. The highest BCUT2D eigenvalue weighted by Crippen LogP contribution is 2.16. The van der Waals surface area contributed by atoms with Crippen molar-refractivity contribution in [3.8, 4) is 0 Å². The van der Waals surface area contributed by atoms with Gasteiger partial charge in [-0.25, -0.2) is 0 Å². The van der Waals surface area contributed by atoms with Gasteiger partial charge in [0, 0.05) is 6.04 Å². The fraction of sp³-hybridized carbons (Fsp3) is 0.412. The number of rotatable bonds is 6. The number of hydrogen-bond donors (Lipinski definition) is 1. The second kappa shape index (κ2) is 7.88. The Morgan fingerprint density at radius 2 is 1.94 bits per heavy atom. The minimum absolute atomic E-state index is 0.579. The third kappa shape index (κ3) is 4.50. The van der Waals surface area contributed by atoms with Gasteiger partial charge >= 0.3 is 0 Å². The van der Waals surface area contributed by atoms with E-state index in [-0.39, 0.29) is 0 Å². The van der Waals surface area contributed by atoms with Crippen molar-refractivity contribution in [1.29, 1.82) is 0 Å². The molecule has 18 heavy (non-hydrogen) atoms. The van der Waals surface area contributed by atoms with E-state index in [0.29, 0.717) is 6.04 Å². The fourth-order valence-corrected chi connectivity index (χ4v) is 1.98. The summed E-state index contributed by atoms with van der Waals surface area (Å²) in [5.74, 6) is 0. The lowest BCUT2D eigenvalue weighted by atomic mass is 10.0. The minimum atomic E-state index is 0.579. The van der Waals surface area contributed by atoms with Gasteiger partial charge in [-0.1, -0.05) is 49.4 Å². The van der Waals surface area contributed by atoms with Crippen LogP contribution in [-0.4, -0.2) is 13.1 Å². The third-order valence-corrected chi connectivity index (χ3v) is 3.33. The van der Waals surface area contributed by atoms with Crippen molar-refractivity contribution in [3.63, 3.8) is 0 Å². The predicted molar refractivity (Wildman–Crippen MR) is 81.7 cm³/mol. The minimum Gasteiger partial charge on any atom is -0.317 e. The van der Waals surface area contributed by atoms with Crippen LogP contribution in [0, 0.1) is 0 Å². The van der Waals surface area contributed by atoms with Crippen LogP contribution in [0.25, 0.3) is 5.57 Å². The Labute approximate surface area is 112 Å². The Bertz CT molecular complexity index is 394. The molecule has 0 aliphatic heterocycles. The molecule has 1 heteroatoms. The van der Waals surface area contributed by atoms with Crippen LogP contribution in [0.4, 0.5) is 0 Å². The SMILES string of the molecule is C/C=C\C=C(/C)c1ccc(CC(CC)NC)cc1. The normalized spacial score (nSPS) is 14.1. The molecule has 1 N–H and O–H groups in total. The molecule has 1 unspecified atom stereocenters. The number of nitrogens with one attached hydrogen (secondary N) is 1. The standard InChI is InChI=1S/C17H25N/c1-5-7-8-14(3)16-11-9-15(10-12-16)13-17(6-2)18-4/h5,7-12,17-18H,6,13H2,1-4H3/b7-5-,14-8+. The van der Waals surface area contributed by atoms with Gasteiger partial charge in [0.15, 0.2) is 0 Å². The summed E-state index contributed by atoms with van der Waals surface area (Å²) in [6, 6.07) is 9.49. The van der Waals surface area contributed by atoms with Crippen LogP contribution in [0.5, 0.6) is 0 Å². The highest BCUT2D eigenvalue weighted by atomic mass is 14.9. The Kier molecular flexibility index (Phi) is 6.45. The molecule has 98 valence electrons. The molecule has 0 aromatic heterocycles. The van der Waals surface area contributed by atoms with Crippen molar-refractivity contribution in [3.05, 3.63) is 53.6 Å². The molecule has 0 spiro atoms. The smallest absolute Gasteiger partial charge is 0.0102 e. The van der Waals surface area contributed by atoms with E-state index in [1.165, 1.54) is 23.1 Å². The van der Waals surface area contributed by atoms with Gasteiger partial charge < -0.3 is 5.32 Å². The van der Waals surface area contributed by atoms with Gasteiger partial charge in [0.25, 0.3) is 0 Å². The number of benzene rings is 1. The van der Waals surface area contributed by atoms with Crippen LogP contribution in [0.2, 0.25) is 0 Å². The van der Waals surface area contributed by atoms with E-state index in [9.17, 15) is 0 Å². The molecule has 0 aliphatic carbocycles. The number of allylic oxidation sites excluding steroid dienone is 4. The quantitative estimate of drug-likeness (QED) is 0.738. The van der Waals surface area contributed by atoms with E-state index >= 15 is 0 Å². The zero-order chi connectivity index (χ0) is 13.4.